The fourth-order valence-electron chi connectivity index (χ4n) is 3.44. The van der Waals surface area contributed by atoms with Gasteiger partial charge in [0.15, 0.2) is 0 Å². The topological polar surface area (TPSA) is 44.5 Å². The van der Waals surface area contributed by atoms with Gasteiger partial charge in [-0.05, 0) is 45.4 Å². The third-order valence-electron chi connectivity index (χ3n) is 4.88. The largest absolute Gasteiger partial charge is 0.377 e. The zero-order valence-corrected chi connectivity index (χ0v) is 11.5. The van der Waals surface area contributed by atoms with Crippen molar-refractivity contribution in [3.63, 3.8) is 0 Å². The zero-order chi connectivity index (χ0) is 12.5. The van der Waals surface area contributed by atoms with Crippen LogP contribution in [0.4, 0.5) is 0 Å². The fourth-order valence-corrected chi connectivity index (χ4v) is 3.44. The molecule has 2 unspecified atom stereocenters. The fraction of sp³-hybridized carbons (Fsp3) is 1.00. The van der Waals surface area contributed by atoms with Gasteiger partial charge in [-0.1, -0.05) is 12.8 Å². The molecular weight excluding hydrogens is 214 g/mol. The first-order chi connectivity index (χ1) is 7.99. The molecule has 0 aromatic rings. The first-order valence-corrected chi connectivity index (χ1v) is 6.94. The Morgan fingerprint density at radius 2 is 2.00 bits per heavy atom. The third-order valence-corrected chi connectivity index (χ3v) is 4.88. The Hall–Kier alpha value is -0.120. The molecule has 3 heteroatoms. The van der Waals surface area contributed by atoms with Crippen LogP contribution < -0.4 is 5.73 Å². The number of rotatable bonds is 3. The van der Waals surface area contributed by atoms with Gasteiger partial charge in [-0.25, -0.2) is 0 Å². The molecule has 0 amide bonds. The van der Waals surface area contributed by atoms with Crippen molar-refractivity contribution < 1.29 is 9.47 Å². The SMILES string of the molecule is COC(C)(C)C(N)C1CCOC2(CCCC2)C1. The highest BCUT2D eigenvalue weighted by atomic mass is 16.5. The lowest BCUT2D eigenvalue weighted by Gasteiger charge is -2.44. The third kappa shape index (κ3) is 2.67. The van der Waals surface area contributed by atoms with E-state index < -0.39 is 0 Å². The predicted octanol–water partition coefficient (Wildman–Crippen LogP) is 2.48. The Labute approximate surface area is 105 Å². The molecule has 2 fully saturated rings. The molecule has 0 aromatic carbocycles. The number of hydrogen-bond donors (Lipinski definition) is 1. The maximum Gasteiger partial charge on any atom is 0.0775 e. The quantitative estimate of drug-likeness (QED) is 0.825. The van der Waals surface area contributed by atoms with E-state index in [2.05, 4.69) is 13.8 Å². The smallest absolute Gasteiger partial charge is 0.0775 e. The number of nitrogens with two attached hydrogens (primary N) is 1. The van der Waals surface area contributed by atoms with Gasteiger partial charge >= 0.3 is 0 Å². The first-order valence-electron chi connectivity index (χ1n) is 6.94. The highest BCUT2D eigenvalue weighted by Gasteiger charge is 2.44. The molecule has 100 valence electrons. The van der Waals surface area contributed by atoms with Gasteiger partial charge in [-0.15, -0.1) is 0 Å². The Bertz CT molecular complexity index is 259. The van der Waals surface area contributed by atoms with Crippen molar-refractivity contribution in [2.75, 3.05) is 13.7 Å². The van der Waals surface area contributed by atoms with Crippen molar-refractivity contribution in [2.24, 2.45) is 11.7 Å². The van der Waals surface area contributed by atoms with Crippen LogP contribution in [-0.4, -0.2) is 31.0 Å². The van der Waals surface area contributed by atoms with Crippen molar-refractivity contribution in [3.8, 4) is 0 Å². The molecule has 1 heterocycles. The lowest BCUT2D eigenvalue weighted by Crippen LogP contribution is -2.53. The molecular formula is C14H27NO2. The van der Waals surface area contributed by atoms with Crippen LogP contribution in [0.25, 0.3) is 0 Å². The Morgan fingerprint density at radius 1 is 1.35 bits per heavy atom. The lowest BCUT2D eigenvalue weighted by atomic mass is 9.76. The van der Waals surface area contributed by atoms with E-state index in [0.717, 1.165) is 19.4 Å². The summed E-state index contributed by atoms with van der Waals surface area (Å²) in [5.74, 6) is 0.539. The summed E-state index contributed by atoms with van der Waals surface area (Å²) in [6, 6.07) is 0.105. The highest BCUT2D eigenvalue weighted by molar-refractivity contribution is 4.97. The van der Waals surface area contributed by atoms with E-state index in [1.807, 2.05) is 0 Å². The average molecular weight is 241 g/mol. The molecule has 1 aliphatic carbocycles. The van der Waals surface area contributed by atoms with Crippen LogP contribution in [0, 0.1) is 5.92 Å². The molecule has 0 radical (unpaired) electrons. The minimum Gasteiger partial charge on any atom is -0.377 e. The summed E-state index contributed by atoms with van der Waals surface area (Å²) in [6.07, 6.45) is 7.29. The molecule has 1 saturated heterocycles. The minimum atomic E-state index is -0.234. The van der Waals surface area contributed by atoms with E-state index in [9.17, 15) is 0 Å². The molecule has 2 rings (SSSR count). The van der Waals surface area contributed by atoms with Crippen molar-refractivity contribution >= 4 is 0 Å². The van der Waals surface area contributed by atoms with Gasteiger partial charge in [0.2, 0.25) is 0 Å². The molecule has 2 atom stereocenters. The van der Waals surface area contributed by atoms with Gasteiger partial charge in [0.1, 0.15) is 0 Å². The summed E-state index contributed by atoms with van der Waals surface area (Å²) in [4.78, 5) is 0. The standard InChI is InChI=1S/C14H27NO2/c1-13(2,16-3)12(15)11-6-9-17-14(10-11)7-4-5-8-14/h11-12H,4-10,15H2,1-3H3. The Kier molecular flexibility index (Phi) is 3.81. The zero-order valence-electron chi connectivity index (χ0n) is 11.5. The average Bonchev–Trinajstić information content (AvgIpc) is 2.76. The van der Waals surface area contributed by atoms with E-state index in [0.29, 0.717) is 5.92 Å². The second-order valence-electron chi connectivity index (χ2n) is 6.32. The van der Waals surface area contributed by atoms with Crippen molar-refractivity contribution in [2.45, 2.75) is 69.6 Å². The molecule has 2 aliphatic rings. The van der Waals surface area contributed by atoms with Crippen LogP contribution in [0.15, 0.2) is 0 Å². The van der Waals surface area contributed by atoms with E-state index in [-0.39, 0.29) is 17.2 Å². The summed E-state index contributed by atoms with van der Waals surface area (Å²) in [5.41, 5.74) is 6.33. The van der Waals surface area contributed by atoms with Crippen molar-refractivity contribution in [3.05, 3.63) is 0 Å². The summed E-state index contributed by atoms with van der Waals surface area (Å²) in [5, 5.41) is 0. The number of hydrogen-bond acceptors (Lipinski definition) is 3. The Morgan fingerprint density at radius 3 is 2.59 bits per heavy atom. The minimum absolute atomic E-state index is 0.105. The van der Waals surface area contributed by atoms with Crippen LogP contribution in [-0.2, 0) is 9.47 Å². The van der Waals surface area contributed by atoms with Crippen LogP contribution in [0.1, 0.15) is 52.4 Å². The van der Waals surface area contributed by atoms with Crippen LogP contribution in [0.2, 0.25) is 0 Å². The van der Waals surface area contributed by atoms with Gasteiger partial charge in [-0.3, -0.25) is 0 Å². The second kappa shape index (κ2) is 4.87. The molecule has 17 heavy (non-hydrogen) atoms. The molecule has 0 bridgehead atoms. The first kappa shape index (κ1) is 13.3. The van der Waals surface area contributed by atoms with Gasteiger partial charge in [-0.2, -0.15) is 0 Å². The van der Waals surface area contributed by atoms with Crippen LogP contribution >= 0.6 is 0 Å². The Balaban J connectivity index is 2.02. The molecule has 2 N–H and O–H groups in total. The van der Waals surface area contributed by atoms with Crippen LogP contribution in [0.3, 0.4) is 0 Å². The maximum atomic E-state index is 6.41. The molecule has 1 spiro atoms. The summed E-state index contributed by atoms with van der Waals surface area (Å²) in [7, 11) is 1.75. The molecule has 0 aromatic heterocycles. The van der Waals surface area contributed by atoms with Gasteiger partial charge < -0.3 is 15.2 Å². The number of methoxy groups -OCH3 is 1. The van der Waals surface area contributed by atoms with Gasteiger partial charge in [0, 0.05) is 19.8 Å². The highest BCUT2D eigenvalue weighted by Crippen LogP contribution is 2.43. The van der Waals surface area contributed by atoms with Gasteiger partial charge in [0.25, 0.3) is 0 Å². The second-order valence-corrected chi connectivity index (χ2v) is 6.32. The summed E-state index contributed by atoms with van der Waals surface area (Å²) < 4.78 is 11.6. The molecule has 1 aliphatic heterocycles. The van der Waals surface area contributed by atoms with E-state index in [1.54, 1.807) is 7.11 Å². The summed E-state index contributed by atoms with van der Waals surface area (Å²) in [6.45, 7) is 5.06. The summed E-state index contributed by atoms with van der Waals surface area (Å²) >= 11 is 0. The van der Waals surface area contributed by atoms with E-state index >= 15 is 0 Å². The maximum absolute atomic E-state index is 6.41. The van der Waals surface area contributed by atoms with E-state index in [4.69, 9.17) is 15.2 Å². The molecule has 1 saturated carbocycles. The molecule has 3 nitrogen and oxygen atoms in total. The van der Waals surface area contributed by atoms with Crippen molar-refractivity contribution in [1.82, 2.24) is 0 Å². The van der Waals surface area contributed by atoms with E-state index in [1.165, 1.54) is 25.7 Å². The van der Waals surface area contributed by atoms with Gasteiger partial charge in [0.05, 0.1) is 11.2 Å². The van der Waals surface area contributed by atoms with Crippen molar-refractivity contribution in [1.29, 1.82) is 0 Å². The monoisotopic (exact) mass is 241 g/mol. The lowest BCUT2D eigenvalue weighted by molar-refractivity contribution is -0.113. The van der Waals surface area contributed by atoms with Crippen LogP contribution in [0.5, 0.6) is 0 Å². The normalized spacial score (nSPS) is 30.7. The number of ether oxygens (including phenoxy) is 2. The predicted molar refractivity (Wildman–Crippen MR) is 68.9 cm³/mol.